The van der Waals surface area contributed by atoms with E-state index in [9.17, 15) is 13.2 Å². The van der Waals surface area contributed by atoms with Gasteiger partial charge in [0.05, 0.1) is 6.42 Å². The van der Waals surface area contributed by atoms with Gasteiger partial charge in [-0.05, 0) is 32.1 Å². The van der Waals surface area contributed by atoms with E-state index < -0.39 is 22.0 Å². The summed E-state index contributed by atoms with van der Waals surface area (Å²) in [6.45, 7) is 4.46. The first-order chi connectivity index (χ1) is 9.83. The fourth-order valence-electron chi connectivity index (χ4n) is 2.33. The van der Waals surface area contributed by atoms with Crippen molar-refractivity contribution in [2.45, 2.75) is 57.1 Å². The van der Waals surface area contributed by atoms with Crippen molar-refractivity contribution in [1.29, 1.82) is 0 Å². The van der Waals surface area contributed by atoms with Crippen LogP contribution in [0.15, 0.2) is 11.2 Å². The molecule has 0 amide bonds. The third-order valence-electron chi connectivity index (χ3n) is 3.59. The second-order valence-corrected chi connectivity index (χ2v) is 7.14. The van der Waals surface area contributed by atoms with Crippen molar-refractivity contribution in [1.82, 2.24) is 14.3 Å². The molecule has 1 aromatic rings. The van der Waals surface area contributed by atoms with Gasteiger partial charge in [-0.2, -0.15) is 0 Å². The molecule has 0 bridgehead atoms. The van der Waals surface area contributed by atoms with E-state index in [-0.39, 0.29) is 17.4 Å². The highest BCUT2D eigenvalue weighted by atomic mass is 32.2. The van der Waals surface area contributed by atoms with E-state index in [1.165, 1.54) is 6.20 Å². The molecular formula is C13H21N3O4S. The number of nitrogens with zero attached hydrogens (tertiary/aromatic N) is 2. The van der Waals surface area contributed by atoms with Gasteiger partial charge < -0.3 is 9.67 Å². The van der Waals surface area contributed by atoms with Crippen molar-refractivity contribution in [2.75, 3.05) is 0 Å². The molecule has 2 rings (SSSR count). The molecule has 2 N–H and O–H groups in total. The van der Waals surface area contributed by atoms with Gasteiger partial charge in [0.2, 0.25) is 0 Å². The smallest absolute Gasteiger partial charge is 0.304 e. The lowest BCUT2D eigenvalue weighted by Gasteiger charge is -2.15. The van der Waals surface area contributed by atoms with Crippen molar-refractivity contribution in [2.24, 2.45) is 5.92 Å². The van der Waals surface area contributed by atoms with E-state index in [1.54, 1.807) is 11.5 Å². The Morgan fingerprint density at radius 2 is 2.24 bits per heavy atom. The second kappa shape index (κ2) is 6.15. The fraction of sp³-hybridized carbons (Fsp3) is 0.692. The lowest BCUT2D eigenvalue weighted by Crippen LogP contribution is -2.38. The highest BCUT2D eigenvalue weighted by Gasteiger charge is 2.36. The quantitative estimate of drug-likeness (QED) is 0.749. The van der Waals surface area contributed by atoms with Gasteiger partial charge in [-0.1, -0.05) is 6.92 Å². The molecule has 8 heteroatoms. The van der Waals surface area contributed by atoms with E-state index >= 15 is 0 Å². The summed E-state index contributed by atoms with van der Waals surface area (Å²) in [5.41, 5.74) is 0. The standard InChI is InChI=1S/C13H21N3O4S/c1-3-6-16-8-12(14-9(16)2)21(19,20)15-11(7-13(17)18)10-4-5-10/h8,10-11,15H,3-7H2,1-2H3,(H,17,18). The molecular weight excluding hydrogens is 294 g/mol. The van der Waals surface area contributed by atoms with Crippen LogP contribution in [0.2, 0.25) is 0 Å². The molecule has 1 heterocycles. The number of carboxylic acids is 1. The van der Waals surface area contributed by atoms with Gasteiger partial charge in [0.25, 0.3) is 10.0 Å². The molecule has 0 aliphatic heterocycles. The monoisotopic (exact) mass is 315 g/mol. The fourth-order valence-corrected chi connectivity index (χ4v) is 3.64. The largest absolute Gasteiger partial charge is 0.481 e. The van der Waals surface area contributed by atoms with Gasteiger partial charge >= 0.3 is 5.97 Å². The second-order valence-electron chi connectivity index (χ2n) is 5.48. The van der Waals surface area contributed by atoms with Gasteiger partial charge in [0.1, 0.15) is 5.82 Å². The van der Waals surface area contributed by atoms with Crippen LogP contribution in [0.3, 0.4) is 0 Å². The summed E-state index contributed by atoms with van der Waals surface area (Å²) in [4.78, 5) is 14.9. The summed E-state index contributed by atoms with van der Waals surface area (Å²) < 4.78 is 29.0. The summed E-state index contributed by atoms with van der Waals surface area (Å²) in [5.74, 6) is -0.240. The van der Waals surface area contributed by atoms with Crippen LogP contribution in [0.4, 0.5) is 0 Å². The Labute approximate surface area is 124 Å². The number of carbonyl (C=O) groups is 1. The molecule has 1 unspecified atom stereocenters. The lowest BCUT2D eigenvalue weighted by molar-refractivity contribution is -0.137. The van der Waals surface area contributed by atoms with Gasteiger partial charge in [-0.25, -0.2) is 18.1 Å². The van der Waals surface area contributed by atoms with Crippen LogP contribution in [0.1, 0.15) is 38.4 Å². The molecule has 1 aromatic heterocycles. The molecule has 118 valence electrons. The van der Waals surface area contributed by atoms with Crippen LogP contribution in [-0.4, -0.2) is 35.1 Å². The molecule has 1 atom stereocenters. The molecule has 7 nitrogen and oxygen atoms in total. The zero-order valence-electron chi connectivity index (χ0n) is 12.2. The Morgan fingerprint density at radius 3 is 2.76 bits per heavy atom. The Bertz CT molecular complexity index is 619. The zero-order chi connectivity index (χ0) is 15.6. The molecule has 21 heavy (non-hydrogen) atoms. The Hall–Kier alpha value is -1.41. The topological polar surface area (TPSA) is 101 Å². The predicted octanol–water partition coefficient (Wildman–Crippen LogP) is 1.13. The number of carboxylic acid groups (broad SMARTS) is 1. The minimum atomic E-state index is -3.78. The summed E-state index contributed by atoms with van der Waals surface area (Å²) in [7, 11) is -3.78. The van der Waals surface area contributed by atoms with Crippen molar-refractivity contribution in [3.05, 3.63) is 12.0 Å². The van der Waals surface area contributed by atoms with Crippen molar-refractivity contribution in [3.63, 3.8) is 0 Å². The zero-order valence-corrected chi connectivity index (χ0v) is 13.1. The van der Waals surface area contributed by atoms with Crippen LogP contribution < -0.4 is 4.72 Å². The first-order valence-electron chi connectivity index (χ1n) is 7.11. The third-order valence-corrected chi connectivity index (χ3v) is 4.95. The lowest BCUT2D eigenvalue weighted by atomic mass is 10.1. The number of aromatic nitrogens is 2. The minimum absolute atomic E-state index is 0.0375. The average Bonchev–Trinajstić information content (AvgIpc) is 3.14. The Morgan fingerprint density at radius 1 is 1.57 bits per heavy atom. The molecule has 1 aliphatic rings. The maximum atomic E-state index is 12.3. The number of rotatable bonds is 8. The Balaban J connectivity index is 2.16. The van der Waals surface area contributed by atoms with Crippen LogP contribution in [0.25, 0.3) is 0 Å². The number of hydrogen-bond donors (Lipinski definition) is 2. The van der Waals surface area contributed by atoms with Crippen LogP contribution >= 0.6 is 0 Å². The van der Waals surface area contributed by atoms with Crippen molar-refractivity contribution in [3.8, 4) is 0 Å². The highest BCUT2D eigenvalue weighted by Crippen LogP contribution is 2.34. The number of imidazole rings is 1. The number of sulfonamides is 1. The highest BCUT2D eigenvalue weighted by molar-refractivity contribution is 7.89. The van der Waals surface area contributed by atoms with Crippen LogP contribution in [0.5, 0.6) is 0 Å². The normalized spacial score (nSPS) is 16.9. The van der Waals surface area contributed by atoms with E-state index in [2.05, 4.69) is 9.71 Å². The number of aliphatic carboxylic acids is 1. The number of hydrogen-bond acceptors (Lipinski definition) is 4. The van der Waals surface area contributed by atoms with Gasteiger partial charge in [-0.3, -0.25) is 4.79 Å². The number of aryl methyl sites for hydroxylation is 2. The van der Waals surface area contributed by atoms with Crippen LogP contribution in [0, 0.1) is 12.8 Å². The summed E-state index contributed by atoms with van der Waals surface area (Å²) in [5, 5.41) is 8.85. The molecule has 0 spiro atoms. The van der Waals surface area contributed by atoms with Gasteiger partial charge in [0, 0.05) is 18.8 Å². The molecule has 0 saturated heterocycles. The summed E-state index contributed by atoms with van der Waals surface area (Å²) >= 11 is 0. The SMILES string of the molecule is CCCn1cc(S(=O)(=O)NC(CC(=O)O)C2CC2)nc1C. The average molecular weight is 315 g/mol. The van der Waals surface area contributed by atoms with Crippen molar-refractivity contribution >= 4 is 16.0 Å². The van der Waals surface area contributed by atoms with Crippen molar-refractivity contribution < 1.29 is 18.3 Å². The summed E-state index contributed by atoms with van der Waals surface area (Å²) in [6, 6.07) is -0.552. The molecule has 1 saturated carbocycles. The maximum absolute atomic E-state index is 12.3. The molecule has 0 aromatic carbocycles. The molecule has 1 fully saturated rings. The molecule has 0 radical (unpaired) electrons. The minimum Gasteiger partial charge on any atom is -0.481 e. The van der Waals surface area contributed by atoms with E-state index in [0.717, 1.165) is 19.3 Å². The van der Waals surface area contributed by atoms with Crippen LogP contribution in [-0.2, 0) is 21.4 Å². The Kier molecular flexibility index (Phi) is 4.67. The van der Waals surface area contributed by atoms with Gasteiger partial charge in [0.15, 0.2) is 5.03 Å². The molecule has 1 aliphatic carbocycles. The maximum Gasteiger partial charge on any atom is 0.304 e. The first-order valence-corrected chi connectivity index (χ1v) is 8.59. The predicted molar refractivity (Wildman–Crippen MR) is 76.3 cm³/mol. The van der Waals surface area contributed by atoms with Gasteiger partial charge in [-0.15, -0.1) is 0 Å². The van der Waals surface area contributed by atoms with E-state index in [1.807, 2.05) is 6.92 Å². The first kappa shape index (κ1) is 16.0. The third kappa shape index (κ3) is 4.04. The number of nitrogens with one attached hydrogen (secondary N) is 1. The summed E-state index contributed by atoms with van der Waals surface area (Å²) in [6.07, 6.45) is 3.92. The van der Waals surface area contributed by atoms with E-state index in [4.69, 9.17) is 5.11 Å². The van der Waals surface area contributed by atoms with E-state index in [0.29, 0.717) is 12.4 Å².